The number of nitrogens with one attached hydrogen (secondary N) is 1. The molecule has 0 atom stereocenters. The van der Waals surface area contributed by atoms with Crippen LogP contribution in [0.25, 0.3) is 11.0 Å². The zero-order chi connectivity index (χ0) is 15.0. The van der Waals surface area contributed by atoms with E-state index < -0.39 is 33.7 Å². The molecule has 6 nitrogen and oxygen atoms in total. The van der Waals surface area contributed by atoms with Crippen LogP contribution < -0.4 is 5.73 Å². The molecule has 0 unspecified atom stereocenters. The number of nitrogens with zero attached hydrogens (tertiary/aromatic N) is 1. The molecule has 3 N–H and O–H groups in total. The molecule has 0 spiro atoms. The SMILES string of the molecule is Nc1ccc2nc(S(=O)(=O)CCOC(F)(F)F)[nH]c2c1. The Kier molecular flexibility index (Phi) is 3.61. The van der Waals surface area contributed by atoms with Crippen LogP contribution in [-0.4, -0.2) is 37.1 Å². The quantitative estimate of drug-likeness (QED) is 0.833. The maximum Gasteiger partial charge on any atom is 0.522 e. The van der Waals surface area contributed by atoms with Gasteiger partial charge in [0.25, 0.3) is 0 Å². The van der Waals surface area contributed by atoms with Gasteiger partial charge in [-0.15, -0.1) is 13.2 Å². The second kappa shape index (κ2) is 4.94. The number of nitrogen functional groups attached to an aromatic ring is 1. The Morgan fingerprint density at radius 2 is 2.05 bits per heavy atom. The third-order valence-electron chi connectivity index (χ3n) is 2.40. The van der Waals surface area contributed by atoms with Crippen molar-refractivity contribution in [2.45, 2.75) is 11.5 Å². The fourth-order valence-corrected chi connectivity index (χ4v) is 2.51. The van der Waals surface area contributed by atoms with Crippen LogP contribution in [0.1, 0.15) is 0 Å². The minimum absolute atomic E-state index is 0.356. The van der Waals surface area contributed by atoms with Gasteiger partial charge in [0.05, 0.1) is 23.4 Å². The van der Waals surface area contributed by atoms with Gasteiger partial charge < -0.3 is 10.7 Å². The summed E-state index contributed by atoms with van der Waals surface area (Å²) in [6, 6.07) is 4.52. The first-order valence-electron chi connectivity index (χ1n) is 5.36. The zero-order valence-corrected chi connectivity index (χ0v) is 10.8. The summed E-state index contributed by atoms with van der Waals surface area (Å²) in [5.74, 6) is -0.832. The predicted octanol–water partition coefficient (Wildman–Crippen LogP) is 1.46. The van der Waals surface area contributed by atoms with E-state index in [1.54, 1.807) is 0 Å². The summed E-state index contributed by atoms with van der Waals surface area (Å²) < 4.78 is 62.4. The van der Waals surface area contributed by atoms with E-state index in [1.165, 1.54) is 18.2 Å². The molecule has 0 fully saturated rings. The Morgan fingerprint density at radius 1 is 1.35 bits per heavy atom. The number of ether oxygens (including phenoxy) is 1. The molecular formula is C10H10F3N3O3S. The Morgan fingerprint density at radius 3 is 2.70 bits per heavy atom. The predicted molar refractivity (Wildman–Crippen MR) is 64.6 cm³/mol. The highest BCUT2D eigenvalue weighted by Gasteiger charge is 2.30. The normalized spacial score (nSPS) is 12.9. The van der Waals surface area contributed by atoms with E-state index in [0.29, 0.717) is 16.7 Å². The second-order valence-corrected chi connectivity index (χ2v) is 5.96. The molecule has 10 heteroatoms. The molecule has 0 bridgehead atoms. The summed E-state index contributed by atoms with van der Waals surface area (Å²) in [5.41, 5.74) is 6.68. The highest BCUT2D eigenvalue weighted by molar-refractivity contribution is 7.91. The number of aromatic nitrogens is 2. The van der Waals surface area contributed by atoms with Crippen LogP contribution in [0.3, 0.4) is 0 Å². The van der Waals surface area contributed by atoms with Gasteiger partial charge >= 0.3 is 6.36 Å². The maximum atomic E-state index is 11.8. The van der Waals surface area contributed by atoms with Crippen molar-refractivity contribution >= 4 is 26.6 Å². The topological polar surface area (TPSA) is 98.1 Å². The molecule has 0 aliphatic heterocycles. The van der Waals surface area contributed by atoms with Crippen molar-refractivity contribution in [3.05, 3.63) is 18.2 Å². The summed E-state index contributed by atoms with van der Waals surface area (Å²) in [5, 5.41) is -0.413. The number of anilines is 1. The lowest BCUT2D eigenvalue weighted by molar-refractivity contribution is -0.322. The number of aromatic amines is 1. The molecule has 0 radical (unpaired) electrons. The van der Waals surface area contributed by atoms with Gasteiger partial charge in [0.2, 0.25) is 15.0 Å². The lowest BCUT2D eigenvalue weighted by Crippen LogP contribution is -2.20. The Hall–Kier alpha value is -1.81. The number of nitrogens with two attached hydrogens (primary N) is 1. The van der Waals surface area contributed by atoms with Gasteiger partial charge in [-0.25, -0.2) is 13.4 Å². The monoisotopic (exact) mass is 309 g/mol. The summed E-state index contributed by atoms with van der Waals surface area (Å²) in [6.07, 6.45) is -4.86. The van der Waals surface area contributed by atoms with E-state index >= 15 is 0 Å². The molecule has 0 aliphatic carbocycles. The van der Waals surface area contributed by atoms with E-state index in [4.69, 9.17) is 5.73 Å². The van der Waals surface area contributed by atoms with Crippen molar-refractivity contribution in [3.63, 3.8) is 0 Å². The van der Waals surface area contributed by atoms with Crippen molar-refractivity contribution in [1.29, 1.82) is 0 Å². The van der Waals surface area contributed by atoms with Crippen LogP contribution >= 0.6 is 0 Å². The fraction of sp³-hybridized carbons (Fsp3) is 0.300. The minimum atomic E-state index is -4.86. The average molecular weight is 309 g/mol. The number of hydrogen-bond donors (Lipinski definition) is 2. The molecule has 1 aromatic heterocycles. The highest BCUT2D eigenvalue weighted by atomic mass is 32.2. The number of fused-ring (bicyclic) bond motifs is 1. The van der Waals surface area contributed by atoms with Crippen molar-refractivity contribution in [1.82, 2.24) is 9.97 Å². The Balaban J connectivity index is 2.19. The third-order valence-corrected chi connectivity index (χ3v) is 3.88. The summed E-state index contributed by atoms with van der Waals surface area (Å²) in [6.45, 7) is -0.995. The molecule has 20 heavy (non-hydrogen) atoms. The van der Waals surface area contributed by atoms with Crippen LogP contribution in [0.5, 0.6) is 0 Å². The summed E-state index contributed by atoms with van der Waals surface area (Å²) in [7, 11) is -3.99. The van der Waals surface area contributed by atoms with E-state index in [9.17, 15) is 21.6 Å². The van der Waals surface area contributed by atoms with Gasteiger partial charge in [-0.3, -0.25) is 4.74 Å². The van der Waals surface area contributed by atoms with Crippen LogP contribution in [0, 0.1) is 0 Å². The third kappa shape index (κ3) is 3.39. The van der Waals surface area contributed by atoms with Crippen molar-refractivity contribution in [3.8, 4) is 0 Å². The van der Waals surface area contributed by atoms with Crippen LogP contribution in [0.2, 0.25) is 0 Å². The van der Waals surface area contributed by atoms with Gasteiger partial charge in [0.1, 0.15) is 0 Å². The van der Waals surface area contributed by atoms with Gasteiger partial charge in [-0.2, -0.15) is 0 Å². The van der Waals surface area contributed by atoms with Gasteiger partial charge in [-0.05, 0) is 18.2 Å². The molecule has 110 valence electrons. The summed E-state index contributed by atoms with van der Waals surface area (Å²) >= 11 is 0. The Labute approximate surface area is 111 Å². The standard InChI is InChI=1S/C10H10F3N3O3S/c11-10(12,13)19-3-4-20(17,18)9-15-7-2-1-6(14)5-8(7)16-9/h1-2,5H,3-4,14H2,(H,15,16). The van der Waals surface area contributed by atoms with E-state index in [2.05, 4.69) is 14.7 Å². The molecule has 0 aliphatic rings. The largest absolute Gasteiger partial charge is 0.522 e. The van der Waals surface area contributed by atoms with Crippen LogP contribution in [-0.2, 0) is 14.6 Å². The minimum Gasteiger partial charge on any atom is -0.399 e. The number of benzene rings is 1. The number of imidazole rings is 1. The van der Waals surface area contributed by atoms with Crippen LogP contribution in [0.4, 0.5) is 18.9 Å². The van der Waals surface area contributed by atoms with Gasteiger partial charge in [0.15, 0.2) is 0 Å². The van der Waals surface area contributed by atoms with E-state index in [-0.39, 0.29) is 0 Å². The van der Waals surface area contributed by atoms with Crippen LogP contribution in [0.15, 0.2) is 23.4 Å². The average Bonchev–Trinajstić information content (AvgIpc) is 2.70. The number of alkyl halides is 3. The molecule has 2 rings (SSSR count). The number of hydrogen-bond acceptors (Lipinski definition) is 5. The van der Waals surface area contributed by atoms with Gasteiger partial charge in [-0.1, -0.05) is 0 Å². The first kappa shape index (κ1) is 14.6. The lowest BCUT2D eigenvalue weighted by Gasteiger charge is -2.06. The first-order chi connectivity index (χ1) is 9.17. The second-order valence-electron chi connectivity index (χ2n) is 3.93. The molecular weight excluding hydrogens is 299 g/mol. The number of H-pyrrole nitrogens is 1. The number of rotatable bonds is 4. The fourth-order valence-electron chi connectivity index (χ4n) is 1.51. The molecule has 0 saturated heterocycles. The smallest absolute Gasteiger partial charge is 0.399 e. The van der Waals surface area contributed by atoms with Crippen molar-refractivity contribution in [2.24, 2.45) is 0 Å². The van der Waals surface area contributed by atoms with Crippen molar-refractivity contribution in [2.75, 3.05) is 18.1 Å². The number of halogens is 3. The molecule has 2 aromatic rings. The molecule has 0 amide bonds. The highest BCUT2D eigenvalue weighted by Crippen LogP contribution is 2.19. The Bertz CT molecular complexity index is 724. The first-order valence-corrected chi connectivity index (χ1v) is 7.01. The summed E-state index contributed by atoms with van der Waals surface area (Å²) in [4.78, 5) is 6.31. The molecule has 1 heterocycles. The number of sulfone groups is 1. The molecule has 1 aromatic carbocycles. The van der Waals surface area contributed by atoms with Crippen molar-refractivity contribution < 1.29 is 26.3 Å². The van der Waals surface area contributed by atoms with E-state index in [1.807, 2.05) is 0 Å². The van der Waals surface area contributed by atoms with E-state index in [0.717, 1.165) is 0 Å². The zero-order valence-electron chi connectivity index (χ0n) is 9.94. The van der Waals surface area contributed by atoms with Gasteiger partial charge in [0, 0.05) is 5.69 Å². The maximum absolute atomic E-state index is 11.8. The lowest BCUT2D eigenvalue weighted by atomic mass is 10.3. The molecule has 0 saturated carbocycles.